The summed E-state index contributed by atoms with van der Waals surface area (Å²) in [4.78, 5) is 2.59. The lowest BCUT2D eigenvalue weighted by Gasteiger charge is -2.42. The third-order valence-electron chi connectivity index (χ3n) is 17.8. The molecule has 0 amide bonds. The van der Waals surface area contributed by atoms with Crippen LogP contribution in [-0.4, -0.2) is 15.8 Å². The normalized spacial score (nSPS) is 12.2. The van der Waals surface area contributed by atoms with E-state index in [0.29, 0.717) is 0 Å². The van der Waals surface area contributed by atoms with Crippen LogP contribution in [0.5, 0.6) is 11.5 Å². The monoisotopic (exact) mass is 1110 g/mol. The van der Waals surface area contributed by atoms with Gasteiger partial charge in [-0.05, 0) is 103 Å². The molecule has 0 atom stereocenters. The van der Waals surface area contributed by atoms with Crippen LogP contribution in [0, 0.1) is 0 Å². The van der Waals surface area contributed by atoms with Gasteiger partial charge in [0, 0.05) is 61.8 Å². The maximum Gasteiger partial charge on any atom is 0.256 e. The number of hydrogen-bond acceptors (Lipinski definition) is 2. The zero-order valence-corrected chi connectivity index (χ0v) is 47.5. The molecule has 15 aromatic rings. The van der Waals surface area contributed by atoms with Crippen molar-refractivity contribution in [3.8, 4) is 101 Å². The number of nitrogens with zero attached hydrogens (tertiary/aromatic N) is 3. The van der Waals surface area contributed by atoms with Crippen LogP contribution in [0.2, 0.25) is 0 Å². The molecule has 2 aliphatic heterocycles. The molecule has 0 radical (unpaired) electrons. The van der Waals surface area contributed by atoms with Crippen molar-refractivity contribution in [2.75, 3.05) is 4.90 Å². The largest absolute Gasteiger partial charge is 0.458 e. The number of anilines is 3. The third kappa shape index (κ3) is 8.23. The molecular formula is C82H54BN3O. The van der Waals surface area contributed by atoms with E-state index in [1.54, 1.807) is 0 Å². The van der Waals surface area contributed by atoms with E-state index in [1.807, 2.05) is 0 Å². The average Bonchev–Trinajstić information content (AvgIpc) is 1.19. The van der Waals surface area contributed by atoms with Gasteiger partial charge in [0.05, 0.1) is 28.1 Å². The fourth-order valence-corrected chi connectivity index (χ4v) is 14.1. The van der Waals surface area contributed by atoms with Crippen molar-refractivity contribution in [2.45, 2.75) is 0 Å². The Labute approximate surface area is 506 Å². The minimum atomic E-state index is -0.216. The molecule has 5 heteroatoms. The van der Waals surface area contributed by atoms with Crippen LogP contribution in [0.1, 0.15) is 0 Å². The summed E-state index contributed by atoms with van der Waals surface area (Å²) in [6.07, 6.45) is 0. The van der Waals surface area contributed by atoms with Gasteiger partial charge in [0.25, 0.3) is 6.71 Å². The van der Waals surface area contributed by atoms with Gasteiger partial charge in [-0.25, -0.2) is 0 Å². The molecule has 2 aliphatic rings. The van der Waals surface area contributed by atoms with Crippen molar-refractivity contribution < 1.29 is 4.74 Å². The summed E-state index contributed by atoms with van der Waals surface area (Å²) < 4.78 is 12.6. The van der Waals surface area contributed by atoms with Crippen molar-refractivity contribution in [1.82, 2.24) is 9.13 Å². The Morgan fingerprint density at radius 1 is 0.276 bits per heavy atom. The van der Waals surface area contributed by atoms with E-state index in [0.717, 1.165) is 118 Å². The first-order chi connectivity index (χ1) is 43.2. The summed E-state index contributed by atoms with van der Waals surface area (Å²) in [6.45, 7) is -0.216. The highest BCUT2D eigenvalue weighted by Crippen LogP contribution is 2.52. The number of hydrogen-bond donors (Lipinski definition) is 0. The van der Waals surface area contributed by atoms with Gasteiger partial charge < -0.3 is 18.8 Å². The molecule has 406 valence electrons. The van der Waals surface area contributed by atoms with Crippen molar-refractivity contribution in [1.29, 1.82) is 0 Å². The minimum Gasteiger partial charge on any atom is -0.458 e. The molecule has 0 saturated heterocycles. The van der Waals surface area contributed by atoms with E-state index in [1.165, 1.54) is 38.5 Å². The van der Waals surface area contributed by atoms with Gasteiger partial charge in [0.1, 0.15) is 11.5 Å². The van der Waals surface area contributed by atoms with Gasteiger partial charge in [-0.3, -0.25) is 0 Å². The molecule has 0 N–H and O–H groups in total. The quantitative estimate of drug-likeness (QED) is 0.127. The van der Waals surface area contributed by atoms with Crippen molar-refractivity contribution in [3.63, 3.8) is 0 Å². The lowest BCUT2D eigenvalue weighted by Crippen LogP contribution is -2.59. The van der Waals surface area contributed by atoms with Gasteiger partial charge in [-0.2, -0.15) is 0 Å². The van der Waals surface area contributed by atoms with Crippen LogP contribution in [0.3, 0.4) is 0 Å². The number of fused-ring (bicyclic) bond motifs is 6. The zero-order valence-electron chi connectivity index (χ0n) is 47.5. The van der Waals surface area contributed by atoms with Crippen LogP contribution in [0.25, 0.3) is 111 Å². The minimum absolute atomic E-state index is 0.216. The second-order valence-electron chi connectivity index (χ2n) is 22.7. The maximum absolute atomic E-state index is 7.63. The molecule has 2 aromatic heterocycles. The first-order valence-electron chi connectivity index (χ1n) is 29.9. The van der Waals surface area contributed by atoms with E-state index in [2.05, 4.69) is 342 Å². The highest BCUT2D eigenvalue weighted by molar-refractivity contribution is 6.99. The average molecular weight is 1110 g/mol. The van der Waals surface area contributed by atoms with Gasteiger partial charge in [-0.1, -0.05) is 279 Å². The smallest absolute Gasteiger partial charge is 0.256 e. The van der Waals surface area contributed by atoms with Crippen molar-refractivity contribution >= 4 is 62.0 Å². The Morgan fingerprint density at radius 2 is 0.690 bits per heavy atom. The lowest BCUT2D eigenvalue weighted by atomic mass is 9.34. The number of aromatic nitrogens is 2. The number of ether oxygens (including phenoxy) is 1. The summed E-state index contributed by atoms with van der Waals surface area (Å²) in [5.74, 6) is 1.66. The molecule has 4 heterocycles. The predicted octanol–water partition coefficient (Wildman–Crippen LogP) is 19.6. The molecule has 0 bridgehead atoms. The summed E-state index contributed by atoms with van der Waals surface area (Å²) in [5, 5.41) is 2.38. The SMILES string of the molecule is c1ccc(-c2cc3c4c(c2)N(c2c(-c5ccccc5)cccc2-c2ccccc2)c2cc(-n5c(-c6ccccc6)c(-c6ccccc6)c6ccccc65)ccc2B4c2ccc(-n4c(-c5ccccc5)c(-c5ccccc5)c5ccccc54)cc2O3)cc1. The Morgan fingerprint density at radius 3 is 1.18 bits per heavy atom. The fraction of sp³-hybridized carbons (Fsp3) is 0. The molecule has 87 heavy (non-hydrogen) atoms. The molecule has 0 fully saturated rings. The Hall–Kier alpha value is -11.4. The Balaban J connectivity index is 0.975. The second-order valence-corrected chi connectivity index (χ2v) is 22.7. The van der Waals surface area contributed by atoms with E-state index >= 15 is 0 Å². The zero-order chi connectivity index (χ0) is 57.4. The molecule has 4 nitrogen and oxygen atoms in total. The maximum atomic E-state index is 7.63. The fourth-order valence-electron chi connectivity index (χ4n) is 14.1. The molecule has 0 unspecified atom stereocenters. The van der Waals surface area contributed by atoms with Gasteiger partial charge in [0.15, 0.2) is 0 Å². The molecular weight excluding hydrogens is 1050 g/mol. The van der Waals surface area contributed by atoms with Crippen LogP contribution < -0.4 is 26.0 Å². The van der Waals surface area contributed by atoms with E-state index < -0.39 is 0 Å². The van der Waals surface area contributed by atoms with E-state index in [-0.39, 0.29) is 6.71 Å². The van der Waals surface area contributed by atoms with E-state index in [9.17, 15) is 0 Å². The predicted molar refractivity (Wildman–Crippen MR) is 364 cm³/mol. The second kappa shape index (κ2) is 20.7. The van der Waals surface area contributed by atoms with Gasteiger partial charge in [-0.15, -0.1) is 0 Å². The molecule has 17 rings (SSSR count). The Bertz CT molecular complexity index is 5040. The highest BCUT2D eigenvalue weighted by atomic mass is 16.5. The molecule has 13 aromatic carbocycles. The van der Waals surface area contributed by atoms with Crippen LogP contribution in [-0.2, 0) is 0 Å². The standard InChI is InChI=1S/C82H54BN3O/c1-8-27-55(28-9-1)62-51-74-79-76(52-62)87-75-54-64(85-72-46-25-23-42-68(72)78(59-35-16-5-17-36-59)81(85)61-39-20-7-21-40-61)48-50-70(75)83(79)69-49-47-63(84-71-45-24-22-41-67(71)77(58-33-14-4-15-34-58)80(84)60-37-18-6-19-38-60)53-73(69)86(74)82-65(56-29-10-2-11-30-56)43-26-44-66(82)57-31-12-3-13-32-57/h1-54H. The van der Waals surface area contributed by atoms with Crippen molar-refractivity contribution in [3.05, 3.63) is 328 Å². The molecule has 0 aliphatic carbocycles. The summed E-state index contributed by atoms with van der Waals surface area (Å²) >= 11 is 0. The first-order valence-corrected chi connectivity index (χ1v) is 29.9. The van der Waals surface area contributed by atoms with Crippen LogP contribution >= 0.6 is 0 Å². The van der Waals surface area contributed by atoms with Crippen LogP contribution in [0.15, 0.2) is 328 Å². The molecule has 0 spiro atoms. The summed E-state index contributed by atoms with van der Waals surface area (Å²) in [5.41, 5.74) is 27.0. The first kappa shape index (κ1) is 50.1. The third-order valence-corrected chi connectivity index (χ3v) is 17.8. The summed E-state index contributed by atoms with van der Waals surface area (Å²) in [7, 11) is 0. The highest BCUT2D eigenvalue weighted by Gasteiger charge is 2.44. The number of para-hydroxylation sites is 3. The number of rotatable bonds is 10. The summed E-state index contributed by atoms with van der Waals surface area (Å²) in [6, 6.07) is 120. The van der Waals surface area contributed by atoms with E-state index in [4.69, 9.17) is 4.74 Å². The van der Waals surface area contributed by atoms with Crippen LogP contribution in [0.4, 0.5) is 17.1 Å². The van der Waals surface area contributed by atoms with Gasteiger partial charge in [0.2, 0.25) is 0 Å². The van der Waals surface area contributed by atoms with Crippen molar-refractivity contribution in [2.24, 2.45) is 0 Å². The lowest BCUT2D eigenvalue weighted by molar-refractivity contribution is 0.487. The number of benzene rings is 13. The van der Waals surface area contributed by atoms with Gasteiger partial charge >= 0.3 is 0 Å². The topological polar surface area (TPSA) is 22.3 Å². The Kier molecular flexibility index (Phi) is 12.0. The molecule has 0 saturated carbocycles.